The highest BCUT2D eigenvalue weighted by molar-refractivity contribution is 5.93. The van der Waals surface area contributed by atoms with Gasteiger partial charge in [-0.05, 0) is 35.9 Å². The largest absolute Gasteiger partial charge is 0.369 e. The van der Waals surface area contributed by atoms with Crippen molar-refractivity contribution >= 4 is 17.5 Å². The van der Waals surface area contributed by atoms with Gasteiger partial charge in [-0.2, -0.15) is 0 Å². The van der Waals surface area contributed by atoms with E-state index in [0.717, 1.165) is 17.1 Å². The summed E-state index contributed by atoms with van der Waals surface area (Å²) in [7, 11) is 0. The molecular formula is C23H26FN5. The van der Waals surface area contributed by atoms with Crippen LogP contribution < -0.4 is 16.4 Å². The Morgan fingerprint density at radius 1 is 1.21 bits per heavy atom. The summed E-state index contributed by atoms with van der Waals surface area (Å²) >= 11 is 0. The highest BCUT2D eigenvalue weighted by Crippen LogP contribution is 2.31. The molecular weight excluding hydrogens is 365 g/mol. The third-order valence-corrected chi connectivity index (χ3v) is 4.56. The SMILES string of the molecule is C=C/C=C(\N=C(/N)Nc1ccccc1)C1N=C(C(C)C)NC1c1ccc(F)cc1. The number of amidine groups is 1. The van der Waals surface area contributed by atoms with E-state index < -0.39 is 0 Å². The third kappa shape index (κ3) is 5.10. The summed E-state index contributed by atoms with van der Waals surface area (Å²) in [4.78, 5) is 9.43. The van der Waals surface area contributed by atoms with Crippen LogP contribution in [0.2, 0.25) is 0 Å². The predicted octanol–water partition coefficient (Wildman–Crippen LogP) is 4.39. The van der Waals surface area contributed by atoms with Crippen LogP contribution in [0.1, 0.15) is 25.5 Å². The Morgan fingerprint density at radius 3 is 2.52 bits per heavy atom. The van der Waals surface area contributed by atoms with Crippen molar-refractivity contribution in [3.05, 3.63) is 90.4 Å². The van der Waals surface area contributed by atoms with E-state index in [2.05, 4.69) is 36.1 Å². The van der Waals surface area contributed by atoms with Crippen LogP contribution in [0, 0.1) is 11.7 Å². The zero-order valence-electron chi connectivity index (χ0n) is 16.6. The highest BCUT2D eigenvalue weighted by atomic mass is 19.1. The van der Waals surface area contributed by atoms with Gasteiger partial charge in [-0.25, -0.2) is 9.38 Å². The first-order valence-electron chi connectivity index (χ1n) is 9.56. The molecule has 1 aliphatic rings. The molecule has 0 fully saturated rings. The molecule has 0 bridgehead atoms. The smallest absolute Gasteiger partial charge is 0.198 e. The fourth-order valence-corrected chi connectivity index (χ4v) is 3.15. The van der Waals surface area contributed by atoms with Crippen molar-refractivity contribution in [1.82, 2.24) is 5.32 Å². The van der Waals surface area contributed by atoms with Gasteiger partial charge >= 0.3 is 0 Å². The van der Waals surface area contributed by atoms with Gasteiger partial charge in [-0.1, -0.05) is 56.8 Å². The van der Waals surface area contributed by atoms with Crippen LogP contribution >= 0.6 is 0 Å². The third-order valence-electron chi connectivity index (χ3n) is 4.56. The summed E-state index contributed by atoms with van der Waals surface area (Å²) < 4.78 is 13.4. The molecule has 0 spiro atoms. The van der Waals surface area contributed by atoms with Gasteiger partial charge in [0.2, 0.25) is 0 Å². The van der Waals surface area contributed by atoms with Crippen LogP contribution in [0.25, 0.3) is 0 Å². The van der Waals surface area contributed by atoms with E-state index in [1.54, 1.807) is 24.3 Å². The maximum absolute atomic E-state index is 13.4. The highest BCUT2D eigenvalue weighted by Gasteiger charge is 2.33. The maximum atomic E-state index is 13.4. The summed E-state index contributed by atoms with van der Waals surface area (Å²) in [5, 5.41) is 6.54. The van der Waals surface area contributed by atoms with Gasteiger partial charge in [-0.15, -0.1) is 0 Å². The van der Waals surface area contributed by atoms with Crippen LogP contribution in [0.4, 0.5) is 10.1 Å². The number of hydrogen-bond acceptors (Lipinski definition) is 3. The number of nitrogens with zero attached hydrogens (tertiary/aromatic N) is 2. The molecule has 0 saturated heterocycles. The number of aliphatic imine (C=N–C) groups is 2. The van der Waals surface area contributed by atoms with Gasteiger partial charge in [0, 0.05) is 11.6 Å². The predicted molar refractivity (Wildman–Crippen MR) is 118 cm³/mol. The number of para-hydroxylation sites is 1. The Bertz CT molecular complexity index is 930. The second kappa shape index (κ2) is 9.19. The Balaban J connectivity index is 1.93. The van der Waals surface area contributed by atoms with E-state index in [-0.39, 0.29) is 29.8 Å². The molecule has 29 heavy (non-hydrogen) atoms. The molecule has 0 aromatic heterocycles. The topological polar surface area (TPSA) is 74.8 Å². The minimum Gasteiger partial charge on any atom is -0.369 e. The number of nitrogens with one attached hydrogen (secondary N) is 2. The average molecular weight is 391 g/mol. The number of anilines is 1. The molecule has 3 rings (SSSR count). The lowest BCUT2D eigenvalue weighted by Crippen LogP contribution is -2.30. The van der Waals surface area contributed by atoms with Crippen LogP contribution in [-0.4, -0.2) is 17.8 Å². The van der Waals surface area contributed by atoms with Crippen molar-refractivity contribution in [2.24, 2.45) is 21.6 Å². The summed E-state index contributed by atoms with van der Waals surface area (Å²) in [5.41, 5.74) is 8.58. The first-order chi connectivity index (χ1) is 14.0. The molecule has 1 aliphatic heterocycles. The van der Waals surface area contributed by atoms with Gasteiger partial charge in [-0.3, -0.25) is 4.99 Å². The number of allylic oxidation sites excluding steroid dienone is 2. The van der Waals surface area contributed by atoms with E-state index >= 15 is 0 Å². The van der Waals surface area contributed by atoms with Crippen LogP contribution in [0.15, 0.2) is 89.0 Å². The van der Waals surface area contributed by atoms with Crippen LogP contribution in [0.5, 0.6) is 0 Å². The number of guanidine groups is 1. The summed E-state index contributed by atoms with van der Waals surface area (Å²) in [6, 6.07) is 15.5. The van der Waals surface area contributed by atoms with Gasteiger partial charge in [0.05, 0.1) is 11.7 Å². The van der Waals surface area contributed by atoms with Gasteiger partial charge < -0.3 is 16.4 Å². The standard InChI is InChI=1S/C23H26FN5/c1-4-8-19(27-23(25)26-18-9-6-5-7-10-18)21-20(28-22(29-21)15(2)3)16-11-13-17(24)14-12-16/h4-15,20-21H,1H2,2-3H3,(H,28,29)(H3,25,26,27)/b19-8-. The van der Waals surface area contributed by atoms with Gasteiger partial charge in [0.25, 0.3) is 0 Å². The van der Waals surface area contributed by atoms with Gasteiger partial charge in [0.1, 0.15) is 17.7 Å². The van der Waals surface area contributed by atoms with Crippen molar-refractivity contribution in [1.29, 1.82) is 0 Å². The Hall–Kier alpha value is -3.41. The lowest BCUT2D eigenvalue weighted by Gasteiger charge is -2.20. The lowest BCUT2D eigenvalue weighted by atomic mass is 9.98. The Labute approximate surface area is 171 Å². The molecule has 0 aliphatic carbocycles. The monoisotopic (exact) mass is 391 g/mol. The lowest BCUT2D eigenvalue weighted by molar-refractivity contribution is 0.589. The molecule has 0 saturated carbocycles. The number of benzene rings is 2. The Morgan fingerprint density at radius 2 is 1.90 bits per heavy atom. The molecule has 4 N–H and O–H groups in total. The molecule has 5 nitrogen and oxygen atoms in total. The van der Waals surface area contributed by atoms with E-state index in [4.69, 9.17) is 10.7 Å². The quantitative estimate of drug-likeness (QED) is 0.388. The fourth-order valence-electron chi connectivity index (χ4n) is 3.15. The molecule has 1 heterocycles. The van der Waals surface area contributed by atoms with Crippen molar-refractivity contribution in [3.8, 4) is 0 Å². The zero-order chi connectivity index (χ0) is 20.8. The summed E-state index contributed by atoms with van der Waals surface area (Å²) in [5.74, 6) is 1.08. The first kappa shape index (κ1) is 20.3. The van der Waals surface area contributed by atoms with E-state index in [9.17, 15) is 4.39 Å². The van der Waals surface area contributed by atoms with Crippen molar-refractivity contribution in [3.63, 3.8) is 0 Å². The number of hydrogen-bond donors (Lipinski definition) is 3. The number of halogens is 1. The molecule has 6 heteroatoms. The summed E-state index contributed by atoms with van der Waals surface area (Å²) in [6.07, 6.45) is 3.47. The fraction of sp³-hybridized carbons (Fsp3) is 0.217. The van der Waals surface area contributed by atoms with Crippen LogP contribution in [-0.2, 0) is 0 Å². The molecule has 2 aromatic rings. The maximum Gasteiger partial charge on any atom is 0.198 e. The second-order valence-electron chi connectivity index (χ2n) is 7.10. The molecule has 150 valence electrons. The number of nitrogens with two attached hydrogens (primary N) is 1. The van der Waals surface area contributed by atoms with Crippen molar-refractivity contribution in [2.45, 2.75) is 25.9 Å². The van der Waals surface area contributed by atoms with E-state index in [1.165, 1.54) is 12.1 Å². The average Bonchev–Trinajstić information content (AvgIpc) is 3.15. The minimum atomic E-state index is -0.313. The molecule has 2 atom stereocenters. The first-order valence-corrected chi connectivity index (χ1v) is 9.56. The normalized spacial score (nSPS) is 19.7. The molecule has 0 radical (unpaired) electrons. The number of rotatable bonds is 6. The van der Waals surface area contributed by atoms with E-state index in [0.29, 0.717) is 5.70 Å². The van der Waals surface area contributed by atoms with Crippen LogP contribution in [0.3, 0.4) is 0 Å². The summed E-state index contributed by atoms with van der Waals surface area (Å²) in [6.45, 7) is 7.94. The molecule has 2 aromatic carbocycles. The molecule has 2 unspecified atom stereocenters. The Kier molecular flexibility index (Phi) is 6.44. The van der Waals surface area contributed by atoms with Crippen molar-refractivity contribution in [2.75, 3.05) is 5.32 Å². The van der Waals surface area contributed by atoms with Gasteiger partial charge in [0.15, 0.2) is 5.96 Å². The van der Waals surface area contributed by atoms with E-state index in [1.807, 2.05) is 30.3 Å². The second-order valence-corrected chi connectivity index (χ2v) is 7.10. The minimum absolute atomic E-state index is 0.174. The van der Waals surface area contributed by atoms with Crippen molar-refractivity contribution < 1.29 is 4.39 Å². The zero-order valence-corrected chi connectivity index (χ0v) is 16.6. The molecule has 0 amide bonds.